The molecule has 2 aromatic heterocycles. The van der Waals surface area contributed by atoms with Crippen LogP contribution >= 0.6 is 34.7 Å². The summed E-state index contributed by atoms with van der Waals surface area (Å²) in [6, 6.07) is 10.7. The standard InChI is InChI=1S/C18H11Cl2FN6OS/c1-9-15(24-26-27(9)12-6-7-14(21)13(20)8-12)16-22-18(29-25-16)23-17(28)10-2-4-11(19)5-3-10/h2-8H,1H3,(H,22,23,25,28). The number of hydrogen-bond acceptors (Lipinski definition) is 6. The highest BCUT2D eigenvalue weighted by atomic mass is 35.5. The zero-order valence-electron chi connectivity index (χ0n) is 14.7. The van der Waals surface area contributed by atoms with E-state index in [1.807, 2.05) is 0 Å². The number of aromatic nitrogens is 5. The molecular formula is C18H11Cl2FN6OS. The van der Waals surface area contributed by atoms with Crippen LogP contribution < -0.4 is 5.32 Å². The Hall–Kier alpha value is -2.88. The third-order valence-electron chi connectivity index (χ3n) is 4.01. The molecule has 2 aromatic carbocycles. The van der Waals surface area contributed by atoms with E-state index in [9.17, 15) is 9.18 Å². The number of amides is 1. The largest absolute Gasteiger partial charge is 0.297 e. The zero-order valence-corrected chi connectivity index (χ0v) is 17.1. The molecule has 0 unspecified atom stereocenters. The van der Waals surface area contributed by atoms with Gasteiger partial charge in [-0.05, 0) is 49.4 Å². The van der Waals surface area contributed by atoms with Crippen molar-refractivity contribution in [2.45, 2.75) is 6.92 Å². The number of halogens is 3. The number of hydrogen-bond donors (Lipinski definition) is 1. The van der Waals surface area contributed by atoms with Crippen LogP contribution in [0.25, 0.3) is 17.2 Å². The van der Waals surface area contributed by atoms with Crippen molar-refractivity contribution in [2.24, 2.45) is 0 Å². The van der Waals surface area contributed by atoms with Crippen molar-refractivity contribution in [2.75, 3.05) is 5.32 Å². The molecule has 0 saturated heterocycles. The van der Waals surface area contributed by atoms with E-state index >= 15 is 0 Å². The molecule has 0 fully saturated rings. The van der Waals surface area contributed by atoms with E-state index in [0.717, 1.165) is 11.5 Å². The van der Waals surface area contributed by atoms with Gasteiger partial charge in [0.2, 0.25) is 5.13 Å². The summed E-state index contributed by atoms with van der Waals surface area (Å²) < 4.78 is 19.1. The van der Waals surface area contributed by atoms with Gasteiger partial charge < -0.3 is 0 Å². The minimum atomic E-state index is -0.518. The third-order valence-corrected chi connectivity index (χ3v) is 5.18. The first kappa shape index (κ1) is 19.4. The SMILES string of the molecule is Cc1c(-c2nsc(NC(=O)c3ccc(Cl)cc3)n2)nnn1-c1ccc(F)c(Cl)c1. The minimum absolute atomic E-state index is 0.0158. The Bertz CT molecular complexity index is 1210. The van der Waals surface area contributed by atoms with Crippen LogP contribution in [0.2, 0.25) is 10.0 Å². The number of rotatable bonds is 4. The number of carbonyl (C=O) groups is 1. The second-order valence-electron chi connectivity index (χ2n) is 5.92. The molecule has 0 bridgehead atoms. The van der Waals surface area contributed by atoms with Gasteiger partial charge in [-0.25, -0.2) is 9.07 Å². The van der Waals surface area contributed by atoms with Gasteiger partial charge in [-0.15, -0.1) is 5.10 Å². The molecule has 0 spiro atoms. The summed E-state index contributed by atoms with van der Waals surface area (Å²) in [4.78, 5) is 16.6. The van der Waals surface area contributed by atoms with Crippen LogP contribution in [0.4, 0.5) is 9.52 Å². The van der Waals surface area contributed by atoms with Gasteiger partial charge in [0, 0.05) is 22.1 Å². The van der Waals surface area contributed by atoms with Crippen LogP contribution in [0.5, 0.6) is 0 Å². The first-order valence-corrected chi connectivity index (χ1v) is 9.74. The number of benzene rings is 2. The maximum atomic E-state index is 13.4. The van der Waals surface area contributed by atoms with E-state index in [-0.39, 0.29) is 10.9 Å². The van der Waals surface area contributed by atoms with Crippen molar-refractivity contribution in [3.63, 3.8) is 0 Å². The topological polar surface area (TPSA) is 85.6 Å². The molecule has 11 heteroatoms. The Morgan fingerprint density at radius 2 is 1.93 bits per heavy atom. The molecule has 2 heterocycles. The fraction of sp³-hybridized carbons (Fsp3) is 0.0556. The third kappa shape index (κ3) is 3.98. The fourth-order valence-corrected chi connectivity index (χ4v) is 3.41. The van der Waals surface area contributed by atoms with Gasteiger partial charge in [0.15, 0.2) is 11.5 Å². The van der Waals surface area contributed by atoms with Gasteiger partial charge in [-0.2, -0.15) is 9.36 Å². The van der Waals surface area contributed by atoms with Crippen LogP contribution in [0.3, 0.4) is 0 Å². The quantitative estimate of drug-likeness (QED) is 0.484. The molecule has 7 nitrogen and oxygen atoms in total. The molecule has 1 N–H and O–H groups in total. The summed E-state index contributed by atoms with van der Waals surface area (Å²) in [6.07, 6.45) is 0. The van der Waals surface area contributed by atoms with Crippen molar-refractivity contribution in [3.8, 4) is 17.2 Å². The number of anilines is 1. The van der Waals surface area contributed by atoms with E-state index in [1.165, 1.54) is 16.8 Å². The van der Waals surface area contributed by atoms with Crippen molar-refractivity contribution >= 4 is 45.8 Å². The second kappa shape index (κ2) is 7.86. The maximum Gasteiger partial charge on any atom is 0.257 e. The maximum absolute atomic E-state index is 13.4. The summed E-state index contributed by atoms with van der Waals surface area (Å²) in [5, 5.41) is 11.7. The van der Waals surface area contributed by atoms with Crippen LogP contribution in [-0.2, 0) is 0 Å². The van der Waals surface area contributed by atoms with Gasteiger partial charge in [-0.1, -0.05) is 28.4 Å². The van der Waals surface area contributed by atoms with Crippen LogP contribution in [0.1, 0.15) is 16.1 Å². The Morgan fingerprint density at radius 1 is 1.17 bits per heavy atom. The van der Waals surface area contributed by atoms with E-state index < -0.39 is 5.82 Å². The normalized spacial score (nSPS) is 10.9. The molecule has 0 aliphatic rings. The lowest BCUT2D eigenvalue weighted by molar-refractivity contribution is 0.102. The molecule has 1 amide bonds. The summed E-state index contributed by atoms with van der Waals surface area (Å²) in [5.41, 5.74) is 2.08. The van der Waals surface area contributed by atoms with E-state index in [0.29, 0.717) is 38.6 Å². The average Bonchev–Trinajstić information content (AvgIpc) is 3.31. The lowest BCUT2D eigenvalue weighted by Crippen LogP contribution is -2.11. The molecule has 0 radical (unpaired) electrons. The molecule has 146 valence electrons. The molecule has 29 heavy (non-hydrogen) atoms. The van der Waals surface area contributed by atoms with Crippen molar-refractivity contribution in [3.05, 3.63) is 69.6 Å². The second-order valence-corrected chi connectivity index (χ2v) is 7.51. The number of carbonyl (C=O) groups excluding carboxylic acids is 1. The summed E-state index contributed by atoms with van der Waals surface area (Å²) in [5.74, 6) is -0.528. The Balaban J connectivity index is 1.57. The minimum Gasteiger partial charge on any atom is -0.297 e. The van der Waals surface area contributed by atoms with E-state index in [4.69, 9.17) is 23.2 Å². The first-order valence-electron chi connectivity index (χ1n) is 8.21. The predicted molar refractivity (Wildman–Crippen MR) is 109 cm³/mol. The van der Waals surface area contributed by atoms with E-state index in [2.05, 4.69) is 25.0 Å². The summed E-state index contributed by atoms with van der Waals surface area (Å²) in [6.45, 7) is 1.78. The summed E-state index contributed by atoms with van der Waals surface area (Å²) >= 11 is 12.7. The van der Waals surface area contributed by atoms with Crippen LogP contribution in [0.15, 0.2) is 42.5 Å². The van der Waals surface area contributed by atoms with Gasteiger partial charge >= 0.3 is 0 Å². The lowest BCUT2D eigenvalue weighted by Gasteiger charge is -2.04. The van der Waals surface area contributed by atoms with Gasteiger partial charge in [0.05, 0.1) is 16.4 Å². The fourth-order valence-electron chi connectivity index (χ4n) is 2.54. The van der Waals surface area contributed by atoms with Crippen molar-refractivity contribution in [1.82, 2.24) is 24.4 Å². The smallest absolute Gasteiger partial charge is 0.257 e. The number of nitrogens with zero attached hydrogens (tertiary/aromatic N) is 5. The lowest BCUT2D eigenvalue weighted by atomic mass is 10.2. The Labute approximate surface area is 178 Å². The van der Waals surface area contributed by atoms with E-state index in [1.54, 1.807) is 37.3 Å². The monoisotopic (exact) mass is 448 g/mol. The van der Waals surface area contributed by atoms with Crippen LogP contribution in [-0.4, -0.2) is 30.3 Å². The average molecular weight is 449 g/mol. The van der Waals surface area contributed by atoms with Crippen molar-refractivity contribution < 1.29 is 9.18 Å². The number of nitrogens with one attached hydrogen (secondary N) is 1. The predicted octanol–water partition coefficient (Wildman–Crippen LogP) is 4.79. The molecule has 0 saturated carbocycles. The summed E-state index contributed by atoms with van der Waals surface area (Å²) in [7, 11) is 0. The molecule has 4 rings (SSSR count). The molecule has 0 aliphatic heterocycles. The molecule has 4 aromatic rings. The highest BCUT2D eigenvalue weighted by molar-refractivity contribution is 7.10. The first-order chi connectivity index (χ1) is 13.9. The zero-order chi connectivity index (χ0) is 20.5. The van der Waals surface area contributed by atoms with Crippen molar-refractivity contribution in [1.29, 1.82) is 0 Å². The molecule has 0 atom stereocenters. The Morgan fingerprint density at radius 3 is 2.66 bits per heavy atom. The Kier molecular flexibility index (Phi) is 5.27. The highest BCUT2D eigenvalue weighted by Gasteiger charge is 2.18. The van der Waals surface area contributed by atoms with Gasteiger partial charge in [-0.3, -0.25) is 10.1 Å². The molecule has 0 aliphatic carbocycles. The van der Waals surface area contributed by atoms with Gasteiger partial charge in [0.25, 0.3) is 5.91 Å². The highest BCUT2D eigenvalue weighted by Crippen LogP contribution is 2.25. The van der Waals surface area contributed by atoms with Gasteiger partial charge in [0.1, 0.15) is 5.82 Å². The molecular weight excluding hydrogens is 438 g/mol. The van der Waals surface area contributed by atoms with Crippen LogP contribution in [0, 0.1) is 12.7 Å².